The molecule has 2 amide bonds. The molecule has 7 heteroatoms. The molecule has 55 heavy (non-hydrogen) atoms. The van der Waals surface area contributed by atoms with Crippen molar-refractivity contribution in [2.75, 3.05) is 9.99 Å². The van der Waals surface area contributed by atoms with E-state index in [1.54, 1.807) is 0 Å². The van der Waals surface area contributed by atoms with Crippen LogP contribution in [-0.4, -0.2) is 16.9 Å². The molecule has 7 aromatic carbocycles. The van der Waals surface area contributed by atoms with Crippen molar-refractivity contribution in [1.82, 2.24) is 4.90 Å². The number of amides is 2. The fourth-order valence-corrected chi connectivity index (χ4v) is 11.4. The minimum atomic E-state index is -2.87. The van der Waals surface area contributed by atoms with Crippen molar-refractivity contribution in [1.29, 1.82) is 0 Å². The third kappa shape index (κ3) is 7.37. The quantitative estimate of drug-likeness (QED) is 0.173. The lowest BCUT2D eigenvalue weighted by Crippen LogP contribution is -2.47. The molecule has 0 spiro atoms. The summed E-state index contributed by atoms with van der Waals surface area (Å²) in [5.74, 6) is 0.561. The van der Waals surface area contributed by atoms with E-state index in [-0.39, 0.29) is 6.03 Å². The normalized spacial score (nSPS) is 13.7. The van der Waals surface area contributed by atoms with Crippen LogP contribution >= 0.6 is 7.41 Å². The highest BCUT2D eigenvalue weighted by atomic mass is 31.2. The molecule has 1 heterocycles. The monoisotopic (exact) mass is 735 g/mol. The number of urea groups is 1. The first kappa shape index (κ1) is 35.5. The van der Waals surface area contributed by atoms with Crippen LogP contribution in [0.25, 0.3) is 5.32 Å². The van der Waals surface area contributed by atoms with E-state index in [9.17, 15) is 4.79 Å². The third-order valence-electron chi connectivity index (χ3n) is 9.89. The van der Waals surface area contributed by atoms with E-state index in [1.165, 1.54) is 0 Å². The number of rotatable bonds is 6. The van der Waals surface area contributed by atoms with Gasteiger partial charge in [-0.1, -0.05) is 145 Å². The van der Waals surface area contributed by atoms with Gasteiger partial charge in [0.1, 0.15) is 15.9 Å². The fourth-order valence-electron chi connectivity index (χ4n) is 7.15. The topological polar surface area (TPSA) is 62.0 Å². The van der Waals surface area contributed by atoms with Crippen LogP contribution in [0.4, 0.5) is 27.5 Å². The number of hydrogen-bond acceptors (Lipinski definition) is 2. The molecule has 0 saturated heterocycles. The maximum Gasteiger partial charge on any atom is 0.322 e. The van der Waals surface area contributed by atoms with Gasteiger partial charge in [0.15, 0.2) is 7.41 Å². The highest BCUT2D eigenvalue weighted by Crippen LogP contribution is 2.62. The zero-order valence-electron chi connectivity index (χ0n) is 31.0. The summed E-state index contributed by atoms with van der Waals surface area (Å²) in [6.07, 6.45) is 0. The molecule has 0 aliphatic carbocycles. The molecular weight excluding hydrogens is 694 g/mol. The number of hydrogen-bond donors (Lipinski definition) is 1. The van der Waals surface area contributed by atoms with Gasteiger partial charge in [0.25, 0.3) is 0 Å². The molecule has 0 aromatic heterocycles. The second-order valence-corrected chi connectivity index (χ2v) is 16.9. The summed E-state index contributed by atoms with van der Waals surface area (Å²) in [6.45, 7) is 4.81. The van der Waals surface area contributed by atoms with Crippen LogP contribution < -0.4 is 25.9 Å². The average molecular weight is 736 g/mol. The van der Waals surface area contributed by atoms with Crippen molar-refractivity contribution in [3.05, 3.63) is 216 Å². The van der Waals surface area contributed by atoms with Crippen molar-refractivity contribution in [2.45, 2.75) is 26.9 Å². The van der Waals surface area contributed by atoms with Gasteiger partial charge in [0, 0.05) is 24.5 Å². The van der Waals surface area contributed by atoms with Crippen LogP contribution in [0.15, 0.2) is 193 Å². The Morgan fingerprint density at radius 2 is 1.04 bits per heavy atom. The largest absolute Gasteiger partial charge is 0.356 e. The fraction of sp³-hybridized carbons (Fsp3) is 0.0833. The Balaban J connectivity index is 1.44. The maximum atomic E-state index is 14.4. The van der Waals surface area contributed by atoms with E-state index in [0.29, 0.717) is 19.0 Å². The number of benzene rings is 7. The van der Waals surface area contributed by atoms with Crippen LogP contribution in [0.3, 0.4) is 0 Å². The number of guanidine groups is 1. The van der Waals surface area contributed by atoms with E-state index < -0.39 is 7.41 Å². The molecule has 1 aliphatic rings. The predicted octanol–water partition coefficient (Wildman–Crippen LogP) is 11.0. The Hall–Kier alpha value is -6.49. The van der Waals surface area contributed by atoms with Crippen molar-refractivity contribution < 1.29 is 4.79 Å². The average Bonchev–Trinajstić information content (AvgIpc) is 3.23. The second kappa shape index (κ2) is 15.9. The number of carbonyl (C=O) groups excluding carboxylic acids is 1. The molecule has 0 saturated carbocycles. The van der Waals surface area contributed by atoms with Crippen LogP contribution in [0, 0.1) is 13.8 Å². The van der Waals surface area contributed by atoms with Crippen LogP contribution in [-0.2, 0) is 13.1 Å². The van der Waals surface area contributed by atoms with Gasteiger partial charge in [-0.3, -0.25) is 4.67 Å². The first-order valence-corrected chi connectivity index (χ1v) is 20.3. The minimum absolute atomic E-state index is 0.190. The van der Waals surface area contributed by atoms with Gasteiger partial charge < -0.3 is 20.5 Å². The zero-order valence-corrected chi connectivity index (χ0v) is 31.9. The third-order valence-corrected chi connectivity index (χ3v) is 14.0. The number of fused-ring (bicyclic) bond motifs is 2. The minimum Gasteiger partial charge on any atom is -0.356 e. The van der Waals surface area contributed by atoms with Crippen LogP contribution in [0.1, 0.15) is 22.3 Å². The molecule has 0 bridgehead atoms. The predicted molar refractivity (Wildman–Crippen MR) is 231 cm³/mol. The molecule has 0 radical (unpaired) electrons. The number of aryl methyl sites for hydroxylation is 2. The van der Waals surface area contributed by atoms with Crippen molar-refractivity contribution in [2.24, 2.45) is 4.99 Å². The van der Waals surface area contributed by atoms with Crippen molar-refractivity contribution in [3.63, 3.8) is 0 Å². The van der Waals surface area contributed by atoms with Gasteiger partial charge in [0.05, 0.1) is 5.96 Å². The molecule has 0 atom stereocenters. The van der Waals surface area contributed by atoms with Gasteiger partial charge >= 0.3 is 6.03 Å². The summed E-state index contributed by atoms with van der Waals surface area (Å²) in [7, 11) is -2.87. The van der Waals surface area contributed by atoms with E-state index >= 15 is 0 Å². The van der Waals surface area contributed by atoms with E-state index in [0.717, 1.165) is 60.9 Å². The Bertz CT molecular complexity index is 2320. The smallest absolute Gasteiger partial charge is 0.322 e. The number of nitrogens with one attached hydrogen (secondary N) is 1. The lowest BCUT2D eigenvalue weighted by atomic mass is 10.1. The molecule has 1 N–H and O–H groups in total. The van der Waals surface area contributed by atoms with E-state index in [2.05, 4.69) is 156 Å². The number of para-hydroxylation sites is 2. The van der Waals surface area contributed by atoms with Gasteiger partial charge in [-0.15, -0.1) is 0 Å². The maximum absolute atomic E-state index is 14.4. The lowest BCUT2D eigenvalue weighted by Gasteiger charge is -2.46. The summed E-state index contributed by atoms with van der Waals surface area (Å²) < 4.78 is 2.40. The van der Waals surface area contributed by atoms with E-state index in [4.69, 9.17) is 10.3 Å². The van der Waals surface area contributed by atoms with Crippen molar-refractivity contribution in [3.8, 4) is 0 Å². The molecule has 0 fully saturated rings. The molecule has 7 aromatic rings. The number of aliphatic imine (C=N–C) groups is 1. The highest BCUT2D eigenvalue weighted by molar-refractivity contribution is 7.97. The molecule has 0 unspecified atom stereocenters. The molecule has 1 aliphatic heterocycles. The standard InChI is InChI=1S/C48H42N5OP/c1-36-26-30-40(31-27-36)49-47-51-45-24-14-12-16-38(45)34-52(48(54)50-41-32-28-37(2)29-33-41)35-39-17-13-15-25-46(39)53(47)55(42-18-6-3-7-19-42,43-20-8-4-9-21-43)44-22-10-5-11-23-44/h3-33H,34-35H2,1-2H3,(H-,49,50,51,54). The Morgan fingerprint density at radius 3 is 1.62 bits per heavy atom. The van der Waals surface area contributed by atoms with Crippen LogP contribution in [0.5, 0.6) is 0 Å². The zero-order chi connectivity index (χ0) is 37.6. The Labute approximate surface area is 324 Å². The first-order valence-electron chi connectivity index (χ1n) is 18.5. The summed E-state index contributed by atoms with van der Waals surface area (Å²) in [4.78, 5) is 21.7. The number of nitrogens with zero attached hydrogens (tertiary/aromatic N) is 4. The SMILES string of the molecule is Cc1ccc(N=C2[N-]c3ccccc3CN(C(=O)Nc3ccc(C)cc3)Cc3ccccc3N2[P+](c2ccccc2)(c2ccccc2)c2ccccc2)cc1. The second-order valence-electron chi connectivity index (χ2n) is 13.7. The van der Waals surface area contributed by atoms with Gasteiger partial charge in [-0.25, -0.2) is 4.79 Å². The molecule has 270 valence electrons. The van der Waals surface area contributed by atoms with Crippen LogP contribution in [0.2, 0.25) is 0 Å². The van der Waals surface area contributed by atoms with Crippen molar-refractivity contribution >= 4 is 58.1 Å². The summed E-state index contributed by atoms with van der Waals surface area (Å²) >= 11 is 0. The molecular formula is C48H42N5OP. The van der Waals surface area contributed by atoms with Gasteiger partial charge in [-0.2, -0.15) is 0 Å². The Morgan fingerprint density at radius 1 is 0.564 bits per heavy atom. The first-order chi connectivity index (χ1) is 27.0. The number of anilines is 2. The number of carbonyl (C=O) groups is 1. The summed E-state index contributed by atoms with van der Waals surface area (Å²) in [5, 5.41) is 12.2. The lowest BCUT2D eigenvalue weighted by molar-refractivity contribution is 0.206. The highest BCUT2D eigenvalue weighted by Gasteiger charge is 2.50. The summed E-state index contributed by atoms with van der Waals surface area (Å²) in [5.41, 5.74) is 7.39. The Kier molecular flexibility index (Phi) is 10.2. The van der Waals surface area contributed by atoms with Gasteiger partial charge in [0.2, 0.25) is 0 Å². The molecule has 8 rings (SSSR count). The van der Waals surface area contributed by atoms with E-state index in [1.807, 2.05) is 60.4 Å². The summed E-state index contributed by atoms with van der Waals surface area (Å²) in [6, 6.07) is 64.8. The molecule has 6 nitrogen and oxygen atoms in total. The van der Waals surface area contributed by atoms with Gasteiger partial charge in [-0.05, 0) is 90.9 Å².